The quantitative estimate of drug-likeness (QED) is 0.507. The van der Waals surface area contributed by atoms with Gasteiger partial charge < -0.3 is 9.47 Å². The van der Waals surface area contributed by atoms with Gasteiger partial charge in [0.2, 0.25) is 0 Å². The summed E-state index contributed by atoms with van der Waals surface area (Å²) in [6, 6.07) is 4.65. The minimum atomic E-state index is -0.552. The van der Waals surface area contributed by atoms with Crippen molar-refractivity contribution in [2.75, 3.05) is 0 Å². The topological polar surface area (TPSA) is 98.8 Å². The van der Waals surface area contributed by atoms with Crippen molar-refractivity contribution in [3.8, 4) is 11.5 Å². The van der Waals surface area contributed by atoms with Crippen LogP contribution in [0.1, 0.15) is 19.4 Å². The summed E-state index contributed by atoms with van der Waals surface area (Å²) in [4.78, 5) is 44.9. The van der Waals surface area contributed by atoms with E-state index >= 15 is 0 Å². The molecule has 7 nitrogen and oxygen atoms in total. The van der Waals surface area contributed by atoms with E-state index < -0.39 is 23.1 Å². The molecule has 8 heteroatoms. The molecular formula is C16H13NO6S. The lowest BCUT2D eigenvalue weighted by molar-refractivity contribution is -0.134. The summed E-state index contributed by atoms with van der Waals surface area (Å²) in [6.45, 7) is 2.47. The molecule has 0 bridgehead atoms. The molecule has 1 fully saturated rings. The van der Waals surface area contributed by atoms with Gasteiger partial charge in [0.05, 0.1) is 4.91 Å². The van der Waals surface area contributed by atoms with Gasteiger partial charge in [0.25, 0.3) is 11.1 Å². The number of allylic oxidation sites excluding steroid dienone is 2. The minimum Gasteiger partial charge on any atom is -0.423 e. The van der Waals surface area contributed by atoms with Gasteiger partial charge in [-0.05, 0) is 35.5 Å². The second kappa shape index (κ2) is 7.60. The Labute approximate surface area is 141 Å². The molecule has 0 spiro atoms. The number of imide groups is 1. The minimum absolute atomic E-state index is 0.107. The summed E-state index contributed by atoms with van der Waals surface area (Å²) < 4.78 is 9.99. The fraction of sp³-hybridized carbons (Fsp3) is 0.125. The molecular weight excluding hydrogens is 334 g/mol. The van der Waals surface area contributed by atoms with E-state index in [1.807, 2.05) is 0 Å². The number of nitrogens with one attached hydrogen (secondary N) is 1. The highest BCUT2D eigenvalue weighted by Gasteiger charge is 2.24. The zero-order valence-electron chi connectivity index (χ0n) is 12.8. The third-order valence-electron chi connectivity index (χ3n) is 2.65. The van der Waals surface area contributed by atoms with Crippen LogP contribution in [0.15, 0.2) is 35.3 Å². The normalized spacial score (nSPS) is 15.7. The zero-order valence-corrected chi connectivity index (χ0v) is 13.6. The molecule has 1 saturated heterocycles. The van der Waals surface area contributed by atoms with Crippen LogP contribution < -0.4 is 14.8 Å². The number of carbonyl (C=O) groups excluding carboxylic acids is 4. The van der Waals surface area contributed by atoms with Crippen LogP contribution in [0.4, 0.5) is 4.79 Å². The number of hydrogen-bond acceptors (Lipinski definition) is 7. The molecule has 1 heterocycles. The lowest BCUT2D eigenvalue weighted by Gasteiger charge is -2.09. The SMILES string of the molecule is CC(=O)Oc1ccc(/C=C/C=C2\SC(=O)NC2=O)cc1OC(C)=O. The van der Waals surface area contributed by atoms with Crippen LogP contribution in [-0.4, -0.2) is 23.1 Å². The maximum Gasteiger partial charge on any atom is 0.308 e. The highest BCUT2D eigenvalue weighted by Crippen LogP contribution is 2.29. The first-order valence-electron chi connectivity index (χ1n) is 6.77. The van der Waals surface area contributed by atoms with Crippen molar-refractivity contribution < 1.29 is 28.7 Å². The van der Waals surface area contributed by atoms with Crippen LogP contribution in [0.3, 0.4) is 0 Å². The second-order valence-electron chi connectivity index (χ2n) is 4.63. The Kier molecular flexibility index (Phi) is 5.54. The van der Waals surface area contributed by atoms with E-state index in [1.54, 1.807) is 18.2 Å². The monoisotopic (exact) mass is 347 g/mol. The predicted octanol–water partition coefficient (Wildman–Crippen LogP) is 2.42. The van der Waals surface area contributed by atoms with Gasteiger partial charge in [-0.3, -0.25) is 24.5 Å². The number of ether oxygens (including phenoxy) is 2. The highest BCUT2D eigenvalue weighted by atomic mass is 32.2. The van der Waals surface area contributed by atoms with Crippen LogP contribution in [0.25, 0.3) is 6.08 Å². The Hall–Kier alpha value is -2.87. The fourth-order valence-corrected chi connectivity index (χ4v) is 2.42. The average molecular weight is 347 g/mol. The largest absolute Gasteiger partial charge is 0.423 e. The van der Waals surface area contributed by atoms with Crippen LogP contribution in [0, 0.1) is 0 Å². The molecule has 0 unspecified atom stereocenters. The first kappa shape index (κ1) is 17.5. The van der Waals surface area contributed by atoms with Crippen molar-refractivity contribution in [1.82, 2.24) is 5.32 Å². The first-order valence-corrected chi connectivity index (χ1v) is 7.59. The van der Waals surface area contributed by atoms with Gasteiger partial charge in [-0.15, -0.1) is 0 Å². The molecule has 0 atom stereocenters. The Morgan fingerprint density at radius 2 is 1.75 bits per heavy atom. The summed E-state index contributed by atoms with van der Waals surface area (Å²) in [5, 5.41) is 1.73. The Bertz CT molecular complexity index is 781. The zero-order chi connectivity index (χ0) is 17.7. The van der Waals surface area contributed by atoms with E-state index in [0.29, 0.717) is 5.56 Å². The van der Waals surface area contributed by atoms with Crippen molar-refractivity contribution in [2.24, 2.45) is 0 Å². The number of amides is 2. The molecule has 0 aliphatic carbocycles. The summed E-state index contributed by atoms with van der Waals surface area (Å²) in [7, 11) is 0. The van der Waals surface area contributed by atoms with Crippen molar-refractivity contribution in [2.45, 2.75) is 13.8 Å². The van der Waals surface area contributed by atoms with Gasteiger partial charge in [0.1, 0.15) is 0 Å². The van der Waals surface area contributed by atoms with E-state index in [1.165, 1.54) is 32.1 Å². The average Bonchev–Trinajstić information content (AvgIpc) is 2.79. The third-order valence-corrected chi connectivity index (χ3v) is 3.48. The lowest BCUT2D eigenvalue weighted by atomic mass is 10.2. The van der Waals surface area contributed by atoms with Crippen LogP contribution in [0.5, 0.6) is 11.5 Å². The fourth-order valence-electron chi connectivity index (χ4n) is 1.78. The van der Waals surface area contributed by atoms with E-state index in [9.17, 15) is 19.2 Å². The number of hydrogen-bond donors (Lipinski definition) is 1. The number of benzene rings is 1. The molecule has 1 aromatic rings. The van der Waals surface area contributed by atoms with Crippen molar-refractivity contribution in [3.05, 3.63) is 40.8 Å². The lowest BCUT2D eigenvalue weighted by Crippen LogP contribution is -2.17. The van der Waals surface area contributed by atoms with E-state index in [-0.39, 0.29) is 16.4 Å². The number of rotatable bonds is 4. The van der Waals surface area contributed by atoms with Crippen molar-refractivity contribution >= 4 is 40.9 Å². The molecule has 1 aliphatic heterocycles. The van der Waals surface area contributed by atoms with E-state index in [2.05, 4.69) is 5.32 Å². The first-order chi connectivity index (χ1) is 11.3. The molecule has 2 amide bonds. The van der Waals surface area contributed by atoms with Crippen LogP contribution >= 0.6 is 11.8 Å². The molecule has 124 valence electrons. The van der Waals surface area contributed by atoms with Gasteiger partial charge in [0, 0.05) is 13.8 Å². The number of carbonyl (C=O) groups is 4. The maximum absolute atomic E-state index is 11.4. The summed E-state index contributed by atoms with van der Waals surface area (Å²) in [5.41, 5.74) is 0.647. The Morgan fingerprint density at radius 3 is 2.33 bits per heavy atom. The number of esters is 2. The molecule has 1 aliphatic rings. The second-order valence-corrected chi connectivity index (χ2v) is 5.64. The Balaban J connectivity index is 2.21. The third kappa shape index (κ3) is 4.82. The van der Waals surface area contributed by atoms with Crippen LogP contribution in [0.2, 0.25) is 0 Å². The molecule has 2 rings (SSSR count). The molecule has 0 aromatic heterocycles. The number of thioether (sulfide) groups is 1. The van der Waals surface area contributed by atoms with E-state index in [4.69, 9.17) is 9.47 Å². The molecule has 1 aromatic carbocycles. The van der Waals surface area contributed by atoms with Crippen LogP contribution in [-0.2, 0) is 14.4 Å². The van der Waals surface area contributed by atoms with E-state index in [0.717, 1.165) is 11.8 Å². The van der Waals surface area contributed by atoms with Gasteiger partial charge in [0.15, 0.2) is 11.5 Å². The maximum atomic E-state index is 11.4. The van der Waals surface area contributed by atoms with Gasteiger partial charge in [-0.1, -0.05) is 18.2 Å². The smallest absolute Gasteiger partial charge is 0.308 e. The van der Waals surface area contributed by atoms with Crippen molar-refractivity contribution in [1.29, 1.82) is 0 Å². The summed E-state index contributed by atoms with van der Waals surface area (Å²) in [5.74, 6) is -1.30. The standard InChI is InChI=1S/C16H13NO6S/c1-9(18)22-12-7-6-11(8-13(12)23-10(2)19)4-3-5-14-15(20)17-16(21)24-14/h3-8H,1-2H3,(H,17,20,21)/b4-3+,14-5-. The van der Waals surface area contributed by atoms with Gasteiger partial charge in [-0.25, -0.2) is 0 Å². The van der Waals surface area contributed by atoms with Gasteiger partial charge in [-0.2, -0.15) is 0 Å². The predicted molar refractivity (Wildman–Crippen MR) is 87.3 cm³/mol. The van der Waals surface area contributed by atoms with Crippen molar-refractivity contribution in [3.63, 3.8) is 0 Å². The summed E-state index contributed by atoms with van der Waals surface area (Å²) in [6.07, 6.45) is 4.73. The van der Waals surface area contributed by atoms with Gasteiger partial charge >= 0.3 is 11.9 Å². The molecule has 24 heavy (non-hydrogen) atoms. The highest BCUT2D eigenvalue weighted by molar-refractivity contribution is 8.18. The molecule has 0 saturated carbocycles. The molecule has 1 N–H and O–H groups in total. The summed E-state index contributed by atoms with van der Waals surface area (Å²) >= 11 is 0.813. The molecule has 0 radical (unpaired) electrons. The Morgan fingerprint density at radius 1 is 1.08 bits per heavy atom.